The number of hydrogen-bond donors (Lipinski definition) is 1. The maximum absolute atomic E-state index is 11.5. The van der Waals surface area contributed by atoms with Gasteiger partial charge in [-0.05, 0) is 31.2 Å². The van der Waals surface area contributed by atoms with Gasteiger partial charge in [0.2, 0.25) is 0 Å². The summed E-state index contributed by atoms with van der Waals surface area (Å²) in [5.74, 6) is 0.422. The summed E-state index contributed by atoms with van der Waals surface area (Å²) in [6.45, 7) is 2.29. The molecule has 4 nitrogen and oxygen atoms in total. The molecule has 84 valence electrons. The topological polar surface area (TPSA) is 55.8 Å². The highest BCUT2D eigenvalue weighted by atomic mass is 16.5. The first-order valence-corrected chi connectivity index (χ1v) is 5.04. The third kappa shape index (κ3) is 2.00. The summed E-state index contributed by atoms with van der Waals surface area (Å²) in [7, 11) is 0. The van der Waals surface area contributed by atoms with E-state index in [0.717, 1.165) is 0 Å². The number of esters is 1. The number of rotatable bonds is 2. The Morgan fingerprint density at radius 2 is 2.38 bits per heavy atom. The molecule has 0 aliphatic carbocycles. The number of phenols is 1. The minimum Gasteiger partial charge on any atom is -0.508 e. The van der Waals surface area contributed by atoms with Crippen molar-refractivity contribution >= 4 is 12.0 Å². The minimum absolute atomic E-state index is 0.142. The quantitative estimate of drug-likeness (QED) is 0.771. The van der Waals surface area contributed by atoms with Crippen molar-refractivity contribution in [3.05, 3.63) is 29.3 Å². The minimum atomic E-state index is -0.378. The van der Waals surface area contributed by atoms with E-state index < -0.39 is 0 Å². The van der Waals surface area contributed by atoms with E-state index in [0.29, 0.717) is 23.5 Å². The molecule has 1 heterocycles. The van der Waals surface area contributed by atoms with Gasteiger partial charge in [0.1, 0.15) is 18.1 Å². The SMILES string of the molecule is CCOC(=O)C1=Cc2cc(O)ccc2OC1. The summed E-state index contributed by atoms with van der Waals surface area (Å²) in [4.78, 5) is 11.5. The fraction of sp³-hybridized carbons (Fsp3) is 0.250. The monoisotopic (exact) mass is 220 g/mol. The number of carbonyl (C=O) groups is 1. The molecule has 1 aliphatic rings. The molecule has 0 bridgehead atoms. The molecule has 0 aromatic heterocycles. The van der Waals surface area contributed by atoms with Crippen molar-refractivity contribution in [2.24, 2.45) is 0 Å². The molecule has 0 saturated heterocycles. The zero-order valence-corrected chi connectivity index (χ0v) is 8.90. The highest BCUT2D eigenvalue weighted by Gasteiger charge is 2.18. The predicted molar refractivity (Wildman–Crippen MR) is 58.2 cm³/mol. The van der Waals surface area contributed by atoms with Crippen molar-refractivity contribution in [3.8, 4) is 11.5 Å². The molecular formula is C12H12O4. The average Bonchev–Trinajstić information content (AvgIpc) is 2.28. The van der Waals surface area contributed by atoms with Crippen LogP contribution in [0.2, 0.25) is 0 Å². The van der Waals surface area contributed by atoms with E-state index in [-0.39, 0.29) is 18.3 Å². The Kier molecular flexibility index (Phi) is 2.81. The van der Waals surface area contributed by atoms with Gasteiger partial charge < -0.3 is 14.6 Å². The molecule has 1 aromatic rings. The van der Waals surface area contributed by atoms with Crippen LogP contribution < -0.4 is 4.74 Å². The zero-order valence-electron chi connectivity index (χ0n) is 8.90. The van der Waals surface area contributed by atoms with E-state index in [1.54, 1.807) is 31.2 Å². The van der Waals surface area contributed by atoms with Crippen LogP contribution >= 0.6 is 0 Å². The largest absolute Gasteiger partial charge is 0.508 e. The molecule has 1 aliphatic heterocycles. The predicted octanol–water partition coefficient (Wildman–Crippen LogP) is 1.73. The molecular weight excluding hydrogens is 208 g/mol. The first-order chi connectivity index (χ1) is 7.70. The summed E-state index contributed by atoms with van der Waals surface area (Å²) >= 11 is 0. The standard InChI is InChI=1S/C12H12O4/c1-2-15-12(14)9-5-8-6-10(13)3-4-11(8)16-7-9/h3-6,13H,2,7H2,1H3. The maximum atomic E-state index is 11.5. The van der Waals surface area contributed by atoms with Crippen molar-refractivity contribution in [3.63, 3.8) is 0 Å². The number of hydrogen-bond acceptors (Lipinski definition) is 4. The number of ether oxygens (including phenoxy) is 2. The van der Waals surface area contributed by atoms with Crippen LogP contribution in [-0.4, -0.2) is 24.3 Å². The van der Waals surface area contributed by atoms with Crippen LogP contribution in [0, 0.1) is 0 Å². The van der Waals surface area contributed by atoms with Gasteiger partial charge in [0, 0.05) is 5.56 Å². The number of aromatic hydroxyl groups is 1. The lowest BCUT2D eigenvalue weighted by molar-refractivity contribution is -0.138. The molecule has 1 aromatic carbocycles. The highest BCUT2D eigenvalue weighted by Crippen LogP contribution is 2.29. The lowest BCUT2D eigenvalue weighted by Gasteiger charge is -2.16. The Labute approximate surface area is 93.1 Å². The molecule has 0 radical (unpaired) electrons. The van der Waals surface area contributed by atoms with Crippen molar-refractivity contribution < 1.29 is 19.4 Å². The first-order valence-electron chi connectivity index (χ1n) is 5.04. The summed E-state index contributed by atoms with van der Waals surface area (Å²) in [5.41, 5.74) is 1.15. The molecule has 1 N–H and O–H groups in total. The summed E-state index contributed by atoms with van der Waals surface area (Å²) < 4.78 is 10.3. The van der Waals surface area contributed by atoms with Gasteiger partial charge in [-0.2, -0.15) is 0 Å². The Balaban J connectivity index is 2.30. The average molecular weight is 220 g/mol. The van der Waals surface area contributed by atoms with Gasteiger partial charge in [0.15, 0.2) is 0 Å². The molecule has 0 unspecified atom stereocenters. The Morgan fingerprint density at radius 1 is 1.56 bits per heavy atom. The van der Waals surface area contributed by atoms with E-state index in [9.17, 15) is 9.90 Å². The third-order valence-electron chi connectivity index (χ3n) is 2.24. The summed E-state index contributed by atoms with van der Waals surface area (Å²) in [5, 5.41) is 9.32. The van der Waals surface area contributed by atoms with E-state index in [1.165, 1.54) is 0 Å². The second-order valence-electron chi connectivity index (χ2n) is 3.40. The molecule has 2 rings (SSSR count). The van der Waals surface area contributed by atoms with Crippen molar-refractivity contribution in [2.45, 2.75) is 6.92 Å². The van der Waals surface area contributed by atoms with Crippen LogP contribution in [0.1, 0.15) is 12.5 Å². The highest BCUT2D eigenvalue weighted by molar-refractivity contribution is 5.95. The molecule has 16 heavy (non-hydrogen) atoms. The van der Waals surface area contributed by atoms with Gasteiger partial charge >= 0.3 is 5.97 Å². The van der Waals surface area contributed by atoms with Gasteiger partial charge in [-0.3, -0.25) is 0 Å². The second-order valence-corrected chi connectivity index (χ2v) is 3.40. The van der Waals surface area contributed by atoms with Crippen LogP contribution in [0.3, 0.4) is 0 Å². The van der Waals surface area contributed by atoms with E-state index in [1.807, 2.05) is 0 Å². The van der Waals surface area contributed by atoms with Crippen LogP contribution in [-0.2, 0) is 9.53 Å². The van der Waals surface area contributed by atoms with Gasteiger partial charge in [-0.25, -0.2) is 4.79 Å². The fourth-order valence-corrected chi connectivity index (χ4v) is 1.51. The Hall–Kier alpha value is -1.97. The van der Waals surface area contributed by atoms with Crippen LogP contribution in [0.15, 0.2) is 23.8 Å². The fourth-order valence-electron chi connectivity index (χ4n) is 1.51. The van der Waals surface area contributed by atoms with Crippen LogP contribution in [0.5, 0.6) is 11.5 Å². The number of fused-ring (bicyclic) bond motifs is 1. The second kappa shape index (κ2) is 4.26. The normalized spacial score (nSPS) is 13.4. The molecule has 0 fully saturated rings. The van der Waals surface area contributed by atoms with Crippen molar-refractivity contribution in [1.29, 1.82) is 0 Å². The number of phenolic OH excluding ortho intramolecular Hbond substituents is 1. The van der Waals surface area contributed by atoms with E-state index in [4.69, 9.17) is 9.47 Å². The smallest absolute Gasteiger partial charge is 0.337 e. The molecule has 0 amide bonds. The van der Waals surface area contributed by atoms with E-state index >= 15 is 0 Å². The van der Waals surface area contributed by atoms with Crippen LogP contribution in [0.4, 0.5) is 0 Å². The molecule has 0 saturated carbocycles. The summed E-state index contributed by atoms with van der Waals surface area (Å²) in [6.07, 6.45) is 1.68. The molecule has 0 spiro atoms. The third-order valence-corrected chi connectivity index (χ3v) is 2.24. The van der Waals surface area contributed by atoms with E-state index in [2.05, 4.69) is 0 Å². The molecule has 4 heteroatoms. The van der Waals surface area contributed by atoms with Crippen molar-refractivity contribution in [2.75, 3.05) is 13.2 Å². The van der Waals surface area contributed by atoms with Gasteiger partial charge in [-0.15, -0.1) is 0 Å². The Bertz CT molecular complexity index is 448. The van der Waals surface area contributed by atoms with Crippen LogP contribution in [0.25, 0.3) is 6.08 Å². The van der Waals surface area contributed by atoms with Gasteiger partial charge in [0.05, 0.1) is 12.2 Å². The van der Waals surface area contributed by atoms with Gasteiger partial charge in [0.25, 0.3) is 0 Å². The zero-order chi connectivity index (χ0) is 11.5. The first kappa shape index (κ1) is 10.5. The molecule has 0 atom stereocenters. The summed E-state index contributed by atoms with van der Waals surface area (Å²) in [6, 6.07) is 4.76. The maximum Gasteiger partial charge on any atom is 0.337 e. The Morgan fingerprint density at radius 3 is 3.12 bits per heavy atom. The lowest BCUT2D eigenvalue weighted by atomic mass is 10.1. The van der Waals surface area contributed by atoms with Crippen molar-refractivity contribution in [1.82, 2.24) is 0 Å². The lowest BCUT2D eigenvalue weighted by Crippen LogP contribution is -2.17. The number of benzene rings is 1. The van der Waals surface area contributed by atoms with Gasteiger partial charge in [-0.1, -0.05) is 0 Å². The number of carbonyl (C=O) groups excluding carboxylic acids is 1.